The van der Waals surface area contributed by atoms with Crippen molar-refractivity contribution in [2.75, 3.05) is 38.0 Å². The summed E-state index contributed by atoms with van der Waals surface area (Å²) in [6, 6.07) is 3.07. The van der Waals surface area contributed by atoms with Gasteiger partial charge in [-0.3, -0.25) is 24.1 Å². The number of aryl methyl sites for hydroxylation is 2. The van der Waals surface area contributed by atoms with Crippen molar-refractivity contribution in [3.63, 3.8) is 0 Å². The number of halogens is 3. The van der Waals surface area contributed by atoms with Gasteiger partial charge in [-0.2, -0.15) is 18.3 Å². The lowest BCUT2D eigenvalue weighted by Crippen LogP contribution is -2.65. The van der Waals surface area contributed by atoms with Crippen molar-refractivity contribution in [1.29, 1.82) is 0 Å². The Morgan fingerprint density at radius 3 is 2.37 bits per heavy atom. The predicted octanol–water partition coefficient (Wildman–Crippen LogP) is 2.35. The third kappa shape index (κ3) is 6.77. The fourth-order valence-electron chi connectivity index (χ4n) is 5.77. The summed E-state index contributed by atoms with van der Waals surface area (Å²) in [4.78, 5) is 44.1. The molecule has 3 amide bonds. The Kier molecular flexibility index (Phi) is 9.49. The van der Waals surface area contributed by atoms with Gasteiger partial charge in [0.2, 0.25) is 5.91 Å². The van der Waals surface area contributed by atoms with Gasteiger partial charge in [-0.25, -0.2) is 10.9 Å². The zero-order valence-electron chi connectivity index (χ0n) is 26.3. The third-order valence-corrected chi connectivity index (χ3v) is 8.90. The molecule has 3 heterocycles. The average molecular weight is 648 g/mol. The third-order valence-electron chi connectivity index (χ3n) is 8.90. The van der Waals surface area contributed by atoms with Crippen LogP contribution in [0.3, 0.4) is 0 Å². The van der Waals surface area contributed by atoms with Crippen LogP contribution in [0.4, 0.5) is 18.9 Å². The molecule has 3 aliphatic rings. The van der Waals surface area contributed by atoms with Gasteiger partial charge in [0.25, 0.3) is 11.8 Å². The number of carbonyl (C=O) groups excluding carboxylic acids is 3. The van der Waals surface area contributed by atoms with Crippen LogP contribution >= 0.6 is 0 Å². The molecule has 1 aliphatic carbocycles. The average Bonchev–Trinajstić information content (AvgIpc) is 3.24. The molecule has 1 atom stereocenters. The summed E-state index contributed by atoms with van der Waals surface area (Å²) in [6.45, 7) is 5.78. The van der Waals surface area contributed by atoms with Gasteiger partial charge in [0.15, 0.2) is 11.4 Å². The predicted molar refractivity (Wildman–Crippen MR) is 161 cm³/mol. The number of aromatic nitrogens is 2. The second kappa shape index (κ2) is 13.2. The van der Waals surface area contributed by atoms with Crippen LogP contribution in [0.2, 0.25) is 0 Å². The van der Waals surface area contributed by atoms with Crippen LogP contribution in [0, 0.1) is 19.8 Å². The highest BCUT2D eigenvalue weighted by Gasteiger charge is 2.37. The summed E-state index contributed by atoms with van der Waals surface area (Å²) in [5.74, 6) is -1.39. The van der Waals surface area contributed by atoms with Gasteiger partial charge in [-0.1, -0.05) is 13.3 Å². The number of rotatable bonds is 7. The van der Waals surface area contributed by atoms with Crippen molar-refractivity contribution in [3.05, 3.63) is 52.1 Å². The molecule has 13 nitrogen and oxygen atoms in total. The van der Waals surface area contributed by atoms with Gasteiger partial charge in [0.1, 0.15) is 12.2 Å². The largest absolute Gasteiger partial charge is 0.504 e. The number of allylic oxidation sites excluding steroid dienone is 1. The first-order chi connectivity index (χ1) is 21.8. The number of hydrogen-bond acceptors (Lipinski definition) is 9. The number of amides is 3. The van der Waals surface area contributed by atoms with E-state index in [0.717, 1.165) is 31.4 Å². The topological polar surface area (TPSA) is 147 Å². The quantitative estimate of drug-likeness (QED) is 0.306. The Labute approximate surface area is 264 Å². The maximum atomic E-state index is 14.2. The lowest BCUT2D eigenvalue weighted by molar-refractivity contribution is -0.138. The SMILES string of the molecule is CC/C1=C(\N2CCN(C(=O)c3nn(C)c(C)c3O)CC2)C(=O)N(CC(=O)Nc2ccc(C(F)(F)F)cc2C)NC(C2CCC2)NN1. The van der Waals surface area contributed by atoms with Gasteiger partial charge >= 0.3 is 6.18 Å². The minimum absolute atomic E-state index is 0.0264. The summed E-state index contributed by atoms with van der Waals surface area (Å²) >= 11 is 0. The van der Waals surface area contributed by atoms with Gasteiger partial charge in [0.05, 0.1) is 23.1 Å². The first-order valence-corrected chi connectivity index (χ1v) is 15.4. The maximum absolute atomic E-state index is 14.2. The van der Waals surface area contributed by atoms with Crippen LogP contribution in [0.25, 0.3) is 0 Å². The molecule has 1 saturated heterocycles. The fourth-order valence-corrected chi connectivity index (χ4v) is 5.77. The molecule has 16 heteroatoms. The highest BCUT2D eigenvalue weighted by atomic mass is 19.4. The zero-order chi connectivity index (χ0) is 33.3. The van der Waals surface area contributed by atoms with E-state index < -0.39 is 36.0 Å². The molecular weight excluding hydrogens is 607 g/mol. The number of hydrazine groups is 2. The van der Waals surface area contributed by atoms with Gasteiger partial charge in [-0.15, -0.1) is 0 Å². The molecule has 1 aromatic carbocycles. The number of anilines is 1. The van der Waals surface area contributed by atoms with Crippen molar-refractivity contribution in [1.82, 2.24) is 40.9 Å². The molecule has 0 radical (unpaired) electrons. The van der Waals surface area contributed by atoms with E-state index in [0.29, 0.717) is 36.6 Å². The maximum Gasteiger partial charge on any atom is 0.416 e. The molecule has 46 heavy (non-hydrogen) atoms. The standard InChI is InChI=1S/C30H40F3N9O4/c1-5-21-25(40-11-13-41(14-12-40)28(45)24-26(44)18(3)39(4)37-24)29(46)42(38-27(36-35-21)19-7-6-8-19)16-23(43)34-22-10-9-20(15-17(22)2)30(31,32)33/h9-10,15,19,27,35-36,38,44H,5-8,11-14,16H2,1-4H3,(H,34,43)/b25-21+. The van der Waals surface area contributed by atoms with Gasteiger partial charge in [-0.05, 0) is 62.8 Å². The molecule has 2 aromatic rings. The Balaban J connectivity index is 1.34. The number of carbonyl (C=O) groups is 3. The van der Waals surface area contributed by atoms with Crippen molar-refractivity contribution < 1.29 is 32.7 Å². The fraction of sp³-hybridized carbons (Fsp3) is 0.533. The van der Waals surface area contributed by atoms with Crippen LogP contribution in [0.15, 0.2) is 29.6 Å². The molecule has 2 fully saturated rings. The van der Waals surface area contributed by atoms with Gasteiger partial charge < -0.3 is 25.6 Å². The van der Waals surface area contributed by atoms with Crippen LogP contribution < -0.4 is 21.6 Å². The molecule has 1 unspecified atom stereocenters. The summed E-state index contributed by atoms with van der Waals surface area (Å²) in [6.07, 6.45) is -1.48. The number of alkyl halides is 3. The molecule has 0 spiro atoms. The van der Waals surface area contributed by atoms with Crippen LogP contribution in [0.5, 0.6) is 5.75 Å². The zero-order valence-corrected chi connectivity index (χ0v) is 26.3. The Bertz CT molecular complexity index is 1530. The van der Waals surface area contributed by atoms with E-state index in [1.54, 1.807) is 18.9 Å². The Hall–Kier alpha value is -4.31. The van der Waals surface area contributed by atoms with E-state index in [-0.39, 0.29) is 47.9 Å². The molecule has 1 saturated carbocycles. The number of benzene rings is 1. The van der Waals surface area contributed by atoms with Gasteiger partial charge in [0, 0.05) is 38.9 Å². The second-order valence-electron chi connectivity index (χ2n) is 11.9. The first-order valence-electron chi connectivity index (χ1n) is 15.4. The molecule has 250 valence electrons. The highest BCUT2D eigenvalue weighted by Crippen LogP contribution is 2.32. The summed E-state index contributed by atoms with van der Waals surface area (Å²) < 4.78 is 40.9. The Morgan fingerprint density at radius 1 is 1.13 bits per heavy atom. The van der Waals surface area contributed by atoms with E-state index in [2.05, 4.69) is 26.7 Å². The molecule has 0 bridgehead atoms. The summed E-state index contributed by atoms with van der Waals surface area (Å²) in [5.41, 5.74) is 10.7. The number of nitrogens with zero attached hydrogens (tertiary/aromatic N) is 5. The molecule has 1 aromatic heterocycles. The number of aromatic hydroxyl groups is 1. The summed E-state index contributed by atoms with van der Waals surface area (Å²) in [7, 11) is 1.64. The highest BCUT2D eigenvalue weighted by molar-refractivity contribution is 5.99. The molecule has 5 N–H and O–H groups in total. The smallest absolute Gasteiger partial charge is 0.416 e. The lowest BCUT2D eigenvalue weighted by Gasteiger charge is -2.43. The van der Waals surface area contributed by atoms with E-state index in [1.807, 2.05) is 11.8 Å². The second-order valence-corrected chi connectivity index (χ2v) is 11.9. The van der Waals surface area contributed by atoms with Crippen LogP contribution in [-0.4, -0.2) is 86.3 Å². The number of nitrogens with one attached hydrogen (secondary N) is 4. The Morgan fingerprint density at radius 2 is 1.83 bits per heavy atom. The molecular formula is C30H40F3N9O4. The number of piperazine rings is 1. The van der Waals surface area contributed by atoms with Crippen LogP contribution in [-0.2, 0) is 22.8 Å². The number of hydrogen-bond donors (Lipinski definition) is 5. The van der Waals surface area contributed by atoms with Crippen LogP contribution in [0.1, 0.15) is 59.9 Å². The van der Waals surface area contributed by atoms with Crippen molar-refractivity contribution >= 4 is 23.4 Å². The van der Waals surface area contributed by atoms with Crippen molar-refractivity contribution in [2.45, 2.75) is 58.8 Å². The molecule has 5 rings (SSSR count). The minimum Gasteiger partial charge on any atom is -0.504 e. The van der Waals surface area contributed by atoms with E-state index in [1.165, 1.54) is 22.7 Å². The van der Waals surface area contributed by atoms with Crippen molar-refractivity contribution in [2.24, 2.45) is 13.0 Å². The normalized spacial score (nSPS) is 21.4. The van der Waals surface area contributed by atoms with Crippen molar-refractivity contribution in [3.8, 4) is 5.75 Å². The minimum atomic E-state index is -4.51. The summed E-state index contributed by atoms with van der Waals surface area (Å²) in [5, 5.41) is 18.4. The van der Waals surface area contributed by atoms with E-state index >= 15 is 0 Å². The monoisotopic (exact) mass is 647 g/mol. The molecule has 2 aliphatic heterocycles. The lowest BCUT2D eigenvalue weighted by atomic mass is 9.83. The van der Waals surface area contributed by atoms with E-state index in [9.17, 15) is 32.7 Å². The van der Waals surface area contributed by atoms with E-state index in [4.69, 9.17) is 0 Å². The first kappa shape index (κ1) is 33.1.